The number of nitrogens with zero attached hydrogens (tertiary/aromatic N) is 3. The van der Waals surface area contributed by atoms with Crippen LogP contribution in [0.25, 0.3) is 0 Å². The minimum Gasteiger partial charge on any atom is -0.390 e. The van der Waals surface area contributed by atoms with Crippen molar-refractivity contribution in [3.05, 3.63) is 32.6 Å². The summed E-state index contributed by atoms with van der Waals surface area (Å²) in [5, 5.41) is 10.1. The molecule has 0 spiro atoms. The maximum Gasteiger partial charge on any atom is 0.331 e. The minimum atomic E-state index is -0.796. The fourth-order valence-electron chi connectivity index (χ4n) is 2.51. The standard InChI is InChI=1S/C14H21N3O4/c1-9-8-17(6-5-14(9,2)21)12(19)10-7-11(18)16(4)13(20)15(10)3/h7,9,21H,5-6,8H2,1-4H3. The molecule has 1 N–H and O–H groups in total. The molecular formula is C14H21N3O4. The molecule has 1 aromatic rings. The molecule has 1 fully saturated rings. The van der Waals surface area contributed by atoms with Crippen LogP contribution < -0.4 is 11.2 Å². The molecule has 1 aliphatic heterocycles. The number of carbonyl (C=O) groups is 1. The van der Waals surface area contributed by atoms with E-state index in [1.165, 1.54) is 24.7 Å². The zero-order chi connectivity index (χ0) is 15.9. The Morgan fingerprint density at radius 1 is 1.33 bits per heavy atom. The summed E-state index contributed by atoms with van der Waals surface area (Å²) in [6.07, 6.45) is 0.471. The van der Waals surface area contributed by atoms with Crippen molar-refractivity contribution in [2.75, 3.05) is 13.1 Å². The van der Waals surface area contributed by atoms with Crippen LogP contribution in [-0.4, -0.2) is 43.7 Å². The summed E-state index contributed by atoms with van der Waals surface area (Å²) < 4.78 is 2.14. The van der Waals surface area contributed by atoms with E-state index in [4.69, 9.17) is 0 Å². The van der Waals surface area contributed by atoms with Gasteiger partial charge in [0.05, 0.1) is 5.60 Å². The van der Waals surface area contributed by atoms with E-state index >= 15 is 0 Å². The summed E-state index contributed by atoms with van der Waals surface area (Å²) in [4.78, 5) is 37.7. The first-order valence-electron chi connectivity index (χ1n) is 6.94. The van der Waals surface area contributed by atoms with Crippen molar-refractivity contribution in [3.63, 3.8) is 0 Å². The number of hydrogen-bond donors (Lipinski definition) is 1. The quantitative estimate of drug-likeness (QED) is 0.744. The van der Waals surface area contributed by atoms with E-state index in [0.29, 0.717) is 19.5 Å². The molecule has 1 aromatic heterocycles. The van der Waals surface area contributed by atoms with Gasteiger partial charge in [0.15, 0.2) is 0 Å². The Kier molecular flexibility index (Phi) is 3.79. The molecule has 1 amide bonds. The summed E-state index contributed by atoms with van der Waals surface area (Å²) in [6, 6.07) is 1.18. The number of aliphatic hydroxyl groups is 1. The molecule has 1 aliphatic rings. The highest BCUT2D eigenvalue weighted by Gasteiger charge is 2.36. The Morgan fingerprint density at radius 3 is 2.52 bits per heavy atom. The lowest BCUT2D eigenvalue weighted by Crippen LogP contribution is -2.52. The van der Waals surface area contributed by atoms with Gasteiger partial charge in [0.2, 0.25) is 0 Å². The monoisotopic (exact) mass is 295 g/mol. The van der Waals surface area contributed by atoms with Crippen LogP contribution in [0, 0.1) is 5.92 Å². The second-order valence-electron chi connectivity index (χ2n) is 6.03. The molecule has 0 saturated carbocycles. The van der Waals surface area contributed by atoms with Crippen molar-refractivity contribution < 1.29 is 9.90 Å². The number of rotatable bonds is 1. The SMILES string of the molecule is CC1CN(C(=O)c2cc(=O)n(C)c(=O)n2C)CCC1(C)O. The van der Waals surface area contributed by atoms with Gasteiger partial charge < -0.3 is 10.0 Å². The third-order valence-corrected chi connectivity index (χ3v) is 4.48. The smallest absolute Gasteiger partial charge is 0.331 e. The Balaban J connectivity index is 2.35. The molecule has 7 nitrogen and oxygen atoms in total. The summed E-state index contributed by atoms with van der Waals surface area (Å²) >= 11 is 0. The van der Waals surface area contributed by atoms with Gasteiger partial charge in [-0.3, -0.25) is 18.7 Å². The number of piperidine rings is 1. The van der Waals surface area contributed by atoms with Crippen molar-refractivity contribution in [1.29, 1.82) is 0 Å². The summed E-state index contributed by atoms with van der Waals surface area (Å²) in [5.41, 5.74) is -1.74. The molecule has 1 saturated heterocycles. The van der Waals surface area contributed by atoms with E-state index in [2.05, 4.69) is 0 Å². The highest BCUT2D eigenvalue weighted by Crippen LogP contribution is 2.27. The molecule has 0 aromatic carbocycles. The van der Waals surface area contributed by atoms with E-state index in [-0.39, 0.29) is 17.5 Å². The van der Waals surface area contributed by atoms with Crippen molar-refractivity contribution >= 4 is 5.91 Å². The molecule has 0 bridgehead atoms. The Hall–Kier alpha value is -1.89. The third kappa shape index (κ3) is 2.65. The molecule has 2 atom stereocenters. The van der Waals surface area contributed by atoms with Crippen molar-refractivity contribution in [3.8, 4) is 0 Å². The van der Waals surface area contributed by atoms with Gasteiger partial charge >= 0.3 is 5.69 Å². The van der Waals surface area contributed by atoms with Gasteiger partial charge in [-0.1, -0.05) is 6.92 Å². The summed E-state index contributed by atoms with van der Waals surface area (Å²) in [5.74, 6) is -0.423. The zero-order valence-corrected chi connectivity index (χ0v) is 12.8. The molecule has 2 unspecified atom stereocenters. The molecule has 0 aliphatic carbocycles. The van der Waals surface area contributed by atoms with E-state index in [1.807, 2.05) is 6.92 Å². The normalized spacial score (nSPS) is 26.0. The van der Waals surface area contributed by atoms with Crippen LogP contribution >= 0.6 is 0 Å². The maximum absolute atomic E-state index is 12.5. The average Bonchev–Trinajstić information content (AvgIpc) is 2.43. The lowest BCUT2D eigenvalue weighted by Gasteiger charge is -2.41. The number of hydrogen-bond acceptors (Lipinski definition) is 4. The molecular weight excluding hydrogens is 274 g/mol. The minimum absolute atomic E-state index is 0.0706. The Labute approximate surface area is 122 Å². The largest absolute Gasteiger partial charge is 0.390 e. The molecule has 21 heavy (non-hydrogen) atoms. The summed E-state index contributed by atoms with van der Waals surface area (Å²) in [7, 11) is 2.84. The van der Waals surface area contributed by atoms with E-state index < -0.39 is 16.9 Å². The first kappa shape index (κ1) is 15.5. The molecule has 2 heterocycles. The van der Waals surface area contributed by atoms with Gasteiger partial charge in [0.1, 0.15) is 5.69 Å². The predicted molar refractivity (Wildman–Crippen MR) is 77.2 cm³/mol. The average molecular weight is 295 g/mol. The number of aromatic nitrogens is 2. The second-order valence-corrected chi connectivity index (χ2v) is 6.03. The van der Waals surface area contributed by atoms with Crippen molar-refractivity contribution in [2.45, 2.75) is 25.9 Å². The van der Waals surface area contributed by atoms with Crippen LogP contribution in [-0.2, 0) is 14.1 Å². The van der Waals surface area contributed by atoms with Gasteiger partial charge in [-0.25, -0.2) is 4.79 Å². The van der Waals surface area contributed by atoms with Crippen LogP contribution in [0.3, 0.4) is 0 Å². The summed E-state index contributed by atoms with van der Waals surface area (Å²) in [6.45, 7) is 4.44. The Morgan fingerprint density at radius 2 is 1.95 bits per heavy atom. The van der Waals surface area contributed by atoms with Crippen LogP contribution in [0.2, 0.25) is 0 Å². The third-order valence-electron chi connectivity index (χ3n) is 4.48. The fraction of sp³-hybridized carbons (Fsp3) is 0.643. The highest BCUT2D eigenvalue weighted by molar-refractivity contribution is 5.92. The lowest BCUT2D eigenvalue weighted by atomic mass is 9.84. The van der Waals surface area contributed by atoms with Crippen LogP contribution in [0.1, 0.15) is 30.8 Å². The second kappa shape index (κ2) is 5.14. The highest BCUT2D eigenvalue weighted by atomic mass is 16.3. The zero-order valence-electron chi connectivity index (χ0n) is 12.8. The first-order chi connectivity index (χ1) is 9.65. The number of likely N-dealkylation sites (tertiary alicyclic amines) is 1. The Bertz CT molecular complexity index is 686. The van der Waals surface area contributed by atoms with Gasteiger partial charge in [0, 0.05) is 39.2 Å². The van der Waals surface area contributed by atoms with Gasteiger partial charge in [-0.15, -0.1) is 0 Å². The van der Waals surface area contributed by atoms with Gasteiger partial charge in [0.25, 0.3) is 11.5 Å². The topological polar surface area (TPSA) is 84.5 Å². The van der Waals surface area contributed by atoms with Crippen molar-refractivity contribution in [1.82, 2.24) is 14.0 Å². The van der Waals surface area contributed by atoms with E-state index in [0.717, 1.165) is 4.57 Å². The van der Waals surface area contributed by atoms with Crippen LogP contribution in [0.5, 0.6) is 0 Å². The van der Waals surface area contributed by atoms with Gasteiger partial charge in [-0.2, -0.15) is 0 Å². The first-order valence-corrected chi connectivity index (χ1v) is 6.94. The molecule has 7 heteroatoms. The molecule has 116 valence electrons. The number of carbonyl (C=O) groups excluding carboxylic acids is 1. The molecule has 0 radical (unpaired) electrons. The van der Waals surface area contributed by atoms with E-state index in [9.17, 15) is 19.5 Å². The maximum atomic E-state index is 12.5. The van der Waals surface area contributed by atoms with E-state index in [1.54, 1.807) is 11.8 Å². The van der Waals surface area contributed by atoms with Crippen LogP contribution in [0.15, 0.2) is 15.7 Å². The number of amides is 1. The fourth-order valence-corrected chi connectivity index (χ4v) is 2.51. The lowest BCUT2D eigenvalue weighted by molar-refractivity contribution is -0.0441. The van der Waals surface area contributed by atoms with Gasteiger partial charge in [-0.05, 0) is 13.3 Å². The predicted octanol–water partition coefficient (Wildman–Crippen LogP) is -0.683. The van der Waals surface area contributed by atoms with Crippen LogP contribution in [0.4, 0.5) is 0 Å². The molecule has 2 rings (SSSR count). The van der Waals surface area contributed by atoms with Crippen molar-refractivity contribution in [2.24, 2.45) is 20.0 Å².